The highest BCUT2D eigenvalue weighted by Gasteiger charge is 2.13. The van der Waals surface area contributed by atoms with Crippen molar-refractivity contribution in [2.45, 2.75) is 6.92 Å². The molecule has 2 N–H and O–H groups in total. The highest BCUT2D eigenvalue weighted by molar-refractivity contribution is 7.13. The lowest BCUT2D eigenvalue weighted by Gasteiger charge is -2.05. The Morgan fingerprint density at radius 1 is 1.04 bits per heavy atom. The van der Waals surface area contributed by atoms with Crippen molar-refractivity contribution in [2.24, 2.45) is 0 Å². The number of carbonyl (C=O) groups excluding carboxylic acids is 2. The summed E-state index contributed by atoms with van der Waals surface area (Å²) in [5.74, 6) is -0.505. The van der Waals surface area contributed by atoms with Crippen LogP contribution in [0.3, 0.4) is 0 Å². The van der Waals surface area contributed by atoms with Crippen LogP contribution in [-0.4, -0.2) is 23.8 Å². The summed E-state index contributed by atoms with van der Waals surface area (Å²) in [4.78, 5) is 28.5. The van der Waals surface area contributed by atoms with E-state index >= 15 is 0 Å². The number of rotatable bonds is 4. The van der Waals surface area contributed by atoms with Gasteiger partial charge in [0.25, 0.3) is 11.8 Å². The predicted octanol–water partition coefficient (Wildman–Crippen LogP) is 3.73. The number of amides is 2. The van der Waals surface area contributed by atoms with E-state index in [1.54, 1.807) is 36.7 Å². The Bertz CT molecular complexity index is 916. The first-order valence-electron chi connectivity index (χ1n) is 7.73. The number of nitrogens with one attached hydrogen (secondary N) is 2. The molecule has 0 saturated carbocycles. The van der Waals surface area contributed by atoms with Crippen molar-refractivity contribution in [2.75, 3.05) is 12.4 Å². The van der Waals surface area contributed by atoms with Gasteiger partial charge in [0.15, 0.2) is 0 Å². The van der Waals surface area contributed by atoms with Gasteiger partial charge in [0.05, 0.1) is 0 Å². The molecular formula is C19H17N3O2S. The Hall–Kier alpha value is -2.99. The molecule has 2 aromatic carbocycles. The molecule has 3 rings (SSSR count). The maximum Gasteiger partial charge on any atom is 0.275 e. The summed E-state index contributed by atoms with van der Waals surface area (Å²) in [5.41, 5.74) is 3.55. The number of aromatic nitrogens is 1. The van der Waals surface area contributed by atoms with E-state index in [1.165, 1.54) is 16.9 Å². The summed E-state index contributed by atoms with van der Waals surface area (Å²) in [5, 5.41) is 7.86. The second-order valence-electron chi connectivity index (χ2n) is 5.52. The van der Waals surface area contributed by atoms with E-state index in [1.807, 2.05) is 31.2 Å². The summed E-state index contributed by atoms with van der Waals surface area (Å²) >= 11 is 1.42. The van der Waals surface area contributed by atoms with E-state index in [4.69, 9.17) is 0 Å². The van der Waals surface area contributed by atoms with Crippen LogP contribution < -0.4 is 10.6 Å². The molecule has 6 heteroatoms. The van der Waals surface area contributed by atoms with Gasteiger partial charge >= 0.3 is 0 Å². The highest BCUT2D eigenvalue weighted by Crippen LogP contribution is 2.24. The molecule has 0 spiro atoms. The molecule has 0 aliphatic carbocycles. The lowest BCUT2D eigenvalue weighted by molar-refractivity contribution is 0.0961. The second-order valence-corrected chi connectivity index (χ2v) is 6.38. The first-order chi connectivity index (χ1) is 12.1. The Balaban J connectivity index is 1.76. The van der Waals surface area contributed by atoms with Gasteiger partial charge in [0.2, 0.25) is 0 Å². The minimum Gasteiger partial charge on any atom is -0.355 e. The van der Waals surface area contributed by atoms with Crippen LogP contribution in [0.15, 0.2) is 53.9 Å². The molecule has 25 heavy (non-hydrogen) atoms. The van der Waals surface area contributed by atoms with Gasteiger partial charge in [-0.1, -0.05) is 35.9 Å². The zero-order chi connectivity index (χ0) is 17.8. The second kappa shape index (κ2) is 7.27. The molecule has 0 aliphatic heterocycles. The summed E-state index contributed by atoms with van der Waals surface area (Å²) in [7, 11) is 1.56. The third-order valence-corrected chi connectivity index (χ3v) is 4.54. The van der Waals surface area contributed by atoms with Gasteiger partial charge in [-0.15, -0.1) is 11.3 Å². The van der Waals surface area contributed by atoms with Gasteiger partial charge in [-0.3, -0.25) is 9.59 Å². The first kappa shape index (κ1) is 16.9. The monoisotopic (exact) mass is 351 g/mol. The summed E-state index contributed by atoms with van der Waals surface area (Å²) in [6.07, 6.45) is 0. The largest absolute Gasteiger partial charge is 0.355 e. The fraction of sp³-hybridized carbons (Fsp3) is 0.105. The predicted molar refractivity (Wildman–Crippen MR) is 100 cm³/mol. The van der Waals surface area contributed by atoms with E-state index in [-0.39, 0.29) is 11.8 Å². The maximum absolute atomic E-state index is 12.4. The van der Waals surface area contributed by atoms with Gasteiger partial charge in [0.1, 0.15) is 10.7 Å². The average Bonchev–Trinajstić information content (AvgIpc) is 3.12. The molecule has 0 unspecified atom stereocenters. The Labute approximate surface area is 149 Å². The van der Waals surface area contributed by atoms with Crippen LogP contribution in [0, 0.1) is 6.92 Å². The Kier molecular flexibility index (Phi) is 4.90. The molecule has 0 radical (unpaired) electrons. The average molecular weight is 351 g/mol. The van der Waals surface area contributed by atoms with E-state index in [0.29, 0.717) is 16.9 Å². The minimum atomic E-state index is -0.302. The zero-order valence-corrected chi connectivity index (χ0v) is 14.7. The number of carbonyl (C=O) groups is 2. The van der Waals surface area contributed by atoms with Gasteiger partial charge in [-0.2, -0.15) is 0 Å². The number of hydrogen-bond donors (Lipinski definition) is 2. The van der Waals surface area contributed by atoms with Crippen molar-refractivity contribution in [1.29, 1.82) is 0 Å². The van der Waals surface area contributed by atoms with E-state index in [9.17, 15) is 9.59 Å². The number of benzene rings is 2. The Morgan fingerprint density at radius 2 is 1.80 bits per heavy atom. The lowest BCUT2D eigenvalue weighted by Crippen LogP contribution is -2.18. The normalized spacial score (nSPS) is 10.3. The number of nitrogens with zero attached hydrogens (tertiary/aromatic N) is 1. The van der Waals surface area contributed by atoms with Crippen molar-refractivity contribution in [3.8, 4) is 10.6 Å². The van der Waals surface area contributed by atoms with Crippen molar-refractivity contribution in [3.05, 3.63) is 70.7 Å². The SMILES string of the molecule is CNC(=O)c1cccc(NC(=O)c2csc(-c3ccc(C)cc3)n2)c1. The van der Waals surface area contributed by atoms with Crippen molar-refractivity contribution < 1.29 is 9.59 Å². The van der Waals surface area contributed by atoms with Gasteiger partial charge in [-0.05, 0) is 25.1 Å². The number of thiazole rings is 1. The van der Waals surface area contributed by atoms with Gasteiger partial charge in [0, 0.05) is 29.2 Å². The van der Waals surface area contributed by atoms with Crippen molar-refractivity contribution >= 4 is 28.8 Å². The molecule has 0 aliphatic rings. The standard InChI is InChI=1S/C19H17N3O2S/c1-12-6-8-13(9-7-12)19-22-16(11-25-19)18(24)21-15-5-3-4-14(10-15)17(23)20-2/h3-11H,1-2H3,(H,20,23)(H,21,24). The highest BCUT2D eigenvalue weighted by atomic mass is 32.1. The number of aryl methyl sites for hydroxylation is 1. The van der Waals surface area contributed by atoms with Gasteiger partial charge < -0.3 is 10.6 Å². The number of hydrogen-bond acceptors (Lipinski definition) is 4. The third-order valence-electron chi connectivity index (χ3n) is 3.65. The maximum atomic E-state index is 12.4. The molecule has 126 valence electrons. The lowest BCUT2D eigenvalue weighted by atomic mass is 10.2. The Morgan fingerprint density at radius 3 is 2.52 bits per heavy atom. The molecule has 0 saturated heterocycles. The smallest absolute Gasteiger partial charge is 0.275 e. The van der Waals surface area contributed by atoms with Crippen LogP contribution >= 0.6 is 11.3 Å². The molecule has 0 atom stereocenters. The van der Waals surface area contributed by atoms with Crippen LogP contribution in [0.5, 0.6) is 0 Å². The minimum absolute atomic E-state index is 0.202. The molecule has 3 aromatic rings. The van der Waals surface area contributed by atoms with Gasteiger partial charge in [-0.25, -0.2) is 4.98 Å². The van der Waals surface area contributed by atoms with E-state index in [0.717, 1.165) is 10.6 Å². The zero-order valence-electron chi connectivity index (χ0n) is 13.9. The van der Waals surface area contributed by atoms with Crippen LogP contribution in [0.1, 0.15) is 26.4 Å². The van der Waals surface area contributed by atoms with Crippen molar-refractivity contribution in [1.82, 2.24) is 10.3 Å². The summed E-state index contributed by atoms with van der Waals surface area (Å²) in [6, 6.07) is 14.8. The molecule has 1 aromatic heterocycles. The van der Waals surface area contributed by atoms with Crippen LogP contribution in [0.25, 0.3) is 10.6 Å². The first-order valence-corrected chi connectivity index (χ1v) is 8.61. The van der Waals surface area contributed by atoms with Crippen LogP contribution in [0.2, 0.25) is 0 Å². The molecule has 0 bridgehead atoms. The van der Waals surface area contributed by atoms with Crippen LogP contribution in [-0.2, 0) is 0 Å². The topological polar surface area (TPSA) is 71.1 Å². The quantitative estimate of drug-likeness (QED) is 0.752. The molecule has 1 heterocycles. The fourth-order valence-electron chi connectivity index (χ4n) is 2.28. The summed E-state index contributed by atoms with van der Waals surface area (Å²) < 4.78 is 0. The molecule has 2 amide bonds. The van der Waals surface area contributed by atoms with E-state index < -0.39 is 0 Å². The van der Waals surface area contributed by atoms with E-state index in [2.05, 4.69) is 15.6 Å². The number of anilines is 1. The third kappa shape index (κ3) is 3.92. The fourth-order valence-corrected chi connectivity index (χ4v) is 3.09. The van der Waals surface area contributed by atoms with Crippen molar-refractivity contribution in [3.63, 3.8) is 0 Å². The molecule has 0 fully saturated rings. The van der Waals surface area contributed by atoms with Crippen LogP contribution in [0.4, 0.5) is 5.69 Å². The molecule has 5 nitrogen and oxygen atoms in total. The summed E-state index contributed by atoms with van der Waals surface area (Å²) in [6.45, 7) is 2.03. The molecular weight excluding hydrogens is 334 g/mol.